The van der Waals surface area contributed by atoms with Crippen LogP contribution >= 0.6 is 47.1 Å². The maximum Gasteiger partial charge on any atom is 0.191 e. The number of rotatable bonds is 5. The van der Waals surface area contributed by atoms with Gasteiger partial charge in [-0.15, -0.1) is 35.3 Å². The highest BCUT2D eigenvalue weighted by molar-refractivity contribution is 14.0. The van der Waals surface area contributed by atoms with E-state index in [9.17, 15) is 0 Å². The molecule has 0 spiro atoms. The van der Waals surface area contributed by atoms with Crippen molar-refractivity contribution in [1.82, 2.24) is 15.6 Å². The van der Waals surface area contributed by atoms with Crippen LogP contribution in [0, 0.1) is 6.92 Å². The van der Waals surface area contributed by atoms with Crippen molar-refractivity contribution in [2.45, 2.75) is 50.9 Å². The van der Waals surface area contributed by atoms with Gasteiger partial charge in [-0.3, -0.25) is 0 Å². The summed E-state index contributed by atoms with van der Waals surface area (Å²) in [5, 5.41) is 8.81. The normalized spacial score (nSPS) is 22.0. The van der Waals surface area contributed by atoms with Gasteiger partial charge in [-0.25, -0.2) is 9.98 Å². The smallest absolute Gasteiger partial charge is 0.191 e. The fraction of sp³-hybridized carbons (Fsp3) is 0.714. The summed E-state index contributed by atoms with van der Waals surface area (Å²) < 4.78 is 0. The fourth-order valence-electron chi connectivity index (χ4n) is 2.43. The Hall–Kier alpha value is -0.0200. The minimum atomic E-state index is 0. The third-order valence-corrected chi connectivity index (χ3v) is 5.46. The summed E-state index contributed by atoms with van der Waals surface area (Å²) in [5.41, 5.74) is 0. The number of hydrogen-bond acceptors (Lipinski definition) is 4. The van der Waals surface area contributed by atoms with Crippen molar-refractivity contribution < 1.29 is 0 Å². The zero-order valence-corrected chi connectivity index (χ0v) is 16.9. The number of nitrogens with one attached hydrogen (secondary N) is 2. The van der Waals surface area contributed by atoms with Crippen molar-refractivity contribution in [3.63, 3.8) is 0 Å². The molecule has 0 saturated heterocycles. The second-order valence-electron chi connectivity index (χ2n) is 5.05. The maximum absolute atomic E-state index is 4.67. The van der Waals surface area contributed by atoms with Gasteiger partial charge in [0.1, 0.15) is 0 Å². The minimum Gasteiger partial charge on any atom is -0.357 e. The summed E-state index contributed by atoms with van der Waals surface area (Å²) in [4.78, 5) is 10.2. The summed E-state index contributed by atoms with van der Waals surface area (Å²) in [6, 6.07) is 0.563. The predicted molar refractivity (Wildman–Crippen MR) is 105 cm³/mol. The lowest BCUT2D eigenvalue weighted by molar-refractivity contribution is 0.615. The average Bonchev–Trinajstić information content (AvgIpc) is 3.05. The first-order chi connectivity index (χ1) is 9.71. The van der Waals surface area contributed by atoms with Crippen LogP contribution in [0.5, 0.6) is 0 Å². The summed E-state index contributed by atoms with van der Waals surface area (Å²) in [7, 11) is 0. The van der Waals surface area contributed by atoms with E-state index >= 15 is 0 Å². The number of thioether (sulfide) groups is 1. The van der Waals surface area contributed by atoms with Gasteiger partial charge in [-0.1, -0.05) is 0 Å². The highest BCUT2D eigenvalue weighted by atomic mass is 127. The lowest BCUT2D eigenvalue weighted by atomic mass is 10.2. The number of aryl methyl sites for hydroxylation is 1. The van der Waals surface area contributed by atoms with Crippen LogP contribution in [0.3, 0.4) is 0 Å². The van der Waals surface area contributed by atoms with Gasteiger partial charge in [0, 0.05) is 28.9 Å². The quantitative estimate of drug-likeness (QED) is 0.419. The van der Waals surface area contributed by atoms with Gasteiger partial charge in [-0.2, -0.15) is 11.8 Å². The molecule has 1 aromatic rings. The summed E-state index contributed by atoms with van der Waals surface area (Å²) >= 11 is 3.70. The van der Waals surface area contributed by atoms with E-state index in [0.29, 0.717) is 12.6 Å². The third kappa shape index (κ3) is 6.32. The van der Waals surface area contributed by atoms with Crippen LogP contribution < -0.4 is 10.6 Å². The second kappa shape index (κ2) is 9.89. The number of aromatic nitrogens is 1. The lowest BCUT2D eigenvalue weighted by Gasteiger charge is -2.17. The van der Waals surface area contributed by atoms with Gasteiger partial charge < -0.3 is 10.6 Å². The molecule has 1 aliphatic rings. The van der Waals surface area contributed by atoms with Crippen LogP contribution in [0.15, 0.2) is 11.2 Å². The van der Waals surface area contributed by atoms with Gasteiger partial charge in [0.05, 0.1) is 11.6 Å². The molecule has 2 unspecified atom stereocenters. The molecule has 120 valence electrons. The van der Waals surface area contributed by atoms with Crippen LogP contribution in [0.25, 0.3) is 0 Å². The van der Waals surface area contributed by atoms with Crippen molar-refractivity contribution in [2.24, 2.45) is 4.99 Å². The second-order valence-corrected chi connectivity index (χ2v) is 7.51. The van der Waals surface area contributed by atoms with E-state index in [0.717, 1.165) is 22.8 Å². The molecular weight excluding hydrogens is 415 g/mol. The molecule has 1 aromatic heterocycles. The number of hydrogen-bond donors (Lipinski definition) is 2. The molecular formula is C14H25IN4S2. The SMILES string of the molecule is CCNC(=NCc1cnc(C)s1)NC1CCC(SC)C1.I. The lowest BCUT2D eigenvalue weighted by Crippen LogP contribution is -2.42. The first-order valence-electron chi connectivity index (χ1n) is 7.20. The molecule has 0 amide bonds. The number of guanidine groups is 1. The first-order valence-corrected chi connectivity index (χ1v) is 9.30. The average molecular weight is 440 g/mol. The molecule has 21 heavy (non-hydrogen) atoms. The van der Waals surface area contributed by atoms with Crippen molar-refractivity contribution in [3.05, 3.63) is 16.1 Å². The standard InChI is InChI=1S/C14H24N4S2.HI/c1-4-15-14(17-9-13-8-16-10(2)20-13)18-11-5-6-12(7-11)19-3;/h8,11-12H,4-7,9H2,1-3H3,(H2,15,17,18);1H. The van der Waals surface area contributed by atoms with Crippen molar-refractivity contribution in [2.75, 3.05) is 12.8 Å². The van der Waals surface area contributed by atoms with E-state index in [2.05, 4.69) is 33.8 Å². The first kappa shape index (κ1) is 19.0. The molecule has 2 N–H and O–H groups in total. The van der Waals surface area contributed by atoms with Gasteiger partial charge in [0.15, 0.2) is 5.96 Å². The molecule has 0 radical (unpaired) electrons. The number of halogens is 1. The number of thiazole rings is 1. The van der Waals surface area contributed by atoms with Gasteiger partial charge >= 0.3 is 0 Å². The third-order valence-electron chi connectivity index (χ3n) is 3.47. The molecule has 2 rings (SSSR count). The number of aliphatic imine (C=N–C) groups is 1. The molecule has 1 saturated carbocycles. The summed E-state index contributed by atoms with van der Waals surface area (Å²) in [6.07, 6.45) is 7.93. The van der Waals surface area contributed by atoms with Crippen LogP contribution in [0.2, 0.25) is 0 Å². The van der Waals surface area contributed by atoms with E-state index in [-0.39, 0.29) is 24.0 Å². The Bertz CT molecular complexity index is 450. The molecule has 2 atom stereocenters. The van der Waals surface area contributed by atoms with Crippen LogP contribution in [-0.4, -0.2) is 35.0 Å². The Kier molecular flexibility index (Phi) is 8.96. The molecule has 4 nitrogen and oxygen atoms in total. The summed E-state index contributed by atoms with van der Waals surface area (Å²) in [5.74, 6) is 0.935. The molecule has 1 fully saturated rings. The Morgan fingerprint density at radius 2 is 2.33 bits per heavy atom. The Morgan fingerprint density at radius 1 is 1.52 bits per heavy atom. The molecule has 0 bridgehead atoms. The molecule has 1 aliphatic carbocycles. The monoisotopic (exact) mass is 440 g/mol. The Balaban J connectivity index is 0.00000220. The molecule has 1 heterocycles. The van der Waals surface area contributed by atoms with Gasteiger partial charge in [0.2, 0.25) is 0 Å². The predicted octanol–water partition coefficient (Wildman–Crippen LogP) is 3.41. The van der Waals surface area contributed by atoms with Crippen LogP contribution in [-0.2, 0) is 6.54 Å². The Labute approximate surface area is 153 Å². The van der Waals surface area contributed by atoms with Crippen molar-refractivity contribution in [3.8, 4) is 0 Å². The van der Waals surface area contributed by atoms with E-state index in [1.807, 2.05) is 24.9 Å². The fourth-order valence-corrected chi connectivity index (χ4v) is 3.95. The van der Waals surface area contributed by atoms with Gasteiger partial charge in [-0.05, 0) is 39.4 Å². The van der Waals surface area contributed by atoms with Crippen LogP contribution in [0.1, 0.15) is 36.1 Å². The zero-order valence-electron chi connectivity index (χ0n) is 12.9. The van der Waals surface area contributed by atoms with E-state index in [4.69, 9.17) is 0 Å². The topological polar surface area (TPSA) is 49.3 Å². The number of nitrogens with zero attached hydrogens (tertiary/aromatic N) is 2. The van der Waals surface area contributed by atoms with Crippen molar-refractivity contribution >= 4 is 53.0 Å². The van der Waals surface area contributed by atoms with Crippen LogP contribution in [0.4, 0.5) is 0 Å². The molecule has 0 aliphatic heterocycles. The maximum atomic E-state index is 4.67. The largest absolute Gasteiger partial charge is 0.357 e. The highest BCUT2D eigenvalue weighted by Gasteiger charge is 2.24. The van der Waals surface area contributed by atoms with Gasteiger partial charge in [0.25, 0.3) is 0 Å². The summed E-state index contributed by atoms with van der Waals surface area (Å²) in [6.45, 7) is 5.74. The molecule has 7 heteroatoms. The molecule has 0 aromatic carbocycles. The zero-order chi connectivity index (χ0) is 14.4. The van der Waals surface area contributed by atoms with E-state index in [1.54, 1.807) is 11.3 Å². The highest BCUT2D eigenvalue weighted by Crippen LogP contribution is 2.28. The van der Waals surface area contributed by atoms with E-state index in [1.165, 1.54) is 24.1 Å². The van der Waals surface area contributed by atoms with E-state index < -0.39 is 0 Å². The van der Waals surface area contributed by atoms with Crippen molar-refractivity contribution in [1.29, 1.82) is 0 Å². The Morgan fingerprint density at radius 3 is 2.90 bits per heavy atom. The minimum absolute atomic E-state index is 0.